The summed E-state index contributed by atoms with van der Waals surface area (Å²) in [5, 5.41) is 4.34. The Morgan fingerprint density at radius 3 is 2.63 bits per heavy atom. The van der Waals surface area contributed by atoms with Crippen LogP contribution in [-0.4, -0.2) is 42.5 Å². The molecule has 4 rings (SSSR count). The summed E-state index contributed by atoms with van der Waals surface area (Å²) in [6, 6.07) is 3.68. The normalized spacial score (nSPS) is 17.5. The number of aromatic nitrogens is 1. The number of ether oxygens (including phenoxy) is 1. The van der Waals surface area contributed by atoms with E-state index >= 15 is 0 Å². The number of nitrogens with zero attached hydrogens (tertiary/aromatic N) is 1. The van der Waals surface area contributed by atoms with Crippen LogP contribution in [0, 0.1) is 12.8 Å². The van der Waals surface area contributed by atoms with E-state index in [1.807, 2.05) is 6.07 Å². The van der Waals surface area contributed by atoms with Crippen LogP contribution in [0.1, 0.15) is 45.6 Å². The zero-order valence-corrected chi connectivity index (χ0v) is 18.8. The second kappa shape index (κ2) is 8.25. The molecular formula is C22H25Cl2N3O3. The second-order valence-electron chi connectivity index (χ2n) is 8.13. The summed E-state index contributed by atoms with van der Waals surface area (Å²) in [5.74, 6) is 0.941. The van der Waals surface area contributed by atoms with Crippen LogP contribution in [0.25, 0.3) is 0 Å². The van der Waals surface area contributed by atoms with Gasteiger partial charge in [-0.05, 0) is 61.5 Å². The molecule has 1 unspecified atom stereocenters. The van der Waals surface area contributed by atoms with Crippen molar-refractivity contribution in [1.82, 2.24) is 15.2 Å². The Labute approximate surface area is 185 Å². The monoisotopic (exact) mass is 449 g/mol. The Morgan fingerprint density at radius 2 is 2.00 bits per heavy atom. The highest BCUT2D eigenvalue weighted by Crippen LogP contribution is 2.40. The van der Waals surface area contributed by atoms with E-state index in [0.717, 1.165) is 24.2 Å². The van der Waals surface area contributed by atoms with Crippen molar-refractivity contribution < 1.29 is 9.53 Å². The minimum Gasteiger partial charge on any atom is -0.496 e. The molecule has 0 spiro atoms. The largest absolute Gasteiger partial charge is 0.496 e. The van der Waals surface area contributed by atoms with Gasteiger partial charge in [0.05, 0.1) is 29.8 Å². The van der Waals surface area contributed by atoms with E-state index < -0.39 is 0 Å². The summed E-state index contributed by atoms with van der Waals surface area (Å²) in [6.45, 7) is 6.39. The molecule has 1 aromatic heterocycles. The van der Waals surface area contributed by atoms with E-state index in [4.69, 9.17) is 27.9 Å². The van der Waals surface area contributed by atoms with E-state index in [9.17, 15) is 9.59 Å². The number of hydrogen-bond donors (Lipinski definition) is 2. The number of halogens is 2. The number of rotatable bonds is 5. The zero-order valence-electron chi connectivity index (χ0n) is 17.3. The lowest BCUT2D eigenvalue weighted by Crippen LogP contribution is -2.45. The van der Waals surface area contributed by atoms with Gasteiger partial charge in [0.15, 0.2) is 0 Å². The number of amides is 1. The molecule has 2 aliphatic rings. The van der Waals surface area contributed by atoms with E-state index in [0.29, 0.717) is 51.5 Å². The van der Waals surface area contributed by atoms with Gasteiger partial charge in [-0.3, -0.25) is 9.59 Å². The van der Waals surface area contributed by atoms with Gasteiger partial charge in [-0.2, -0.15) is 0 Å². The Balaban J connectivity index is 1.70. The molecule has 6 nitrogen and oxygen atoms in total. The van der Waals surface area contributed by atoms with Crippen molar-refractivity contribution in [3.05, 3.63) is 60.5 Å². The number of methoxy groups -OCH3 is 1. The average molecular weight is 450 g/mol. The molecule has 8 heteroatoms. The molecule has 3 heterocycles. The van der Waals surface area contributed by atoms with Crippen molar-refractivity contribution in [1.29, 1.82) is 0 Å². The van der Waals surface area contributed by atoms with Crippen molar-refractivity contribution in [2.75, 3.05) is 26.7 Å². The molecule has 1 aromatic carbocycles. The Morgan fingerprint density at radius 1 is 1.27 bits per heavy atom. The van der Waals surface area contributed by atoms with Crippen LogP contribution in [0.4, 0.5) is 0 Å². The maximum absolute atomic E-state index is 13.4. The first-order chi connectivity index (χ1) is 14.3. The minimum atomic E-state index is -0.255. The second-order valence-corrected chi connectivity index (χ2v) is 8.91. The van der Waals surface area contributed by atoms with E-state index in [1.54, 1.807) is 17.9 Å². The van der Waals surface area contributed by atoms with E-state index in [2.05, 4.69) is 17.2 Å². The molecule has 0 bridgehead atoms. The van der Waals surface area contributed by atoms with Crippen LogP contribution in [0.2, 0.25) is 10.0 Å². The Hall–Kier alpha value is -2.02. The minimum absolute atomic E-state index is 0.150. The molecule has 1 saturated heterocycles. The molecule has 0 saturated carbocycles. The number of aryl methyl sites for hydroxylation is 1. The predicted molar refractivity (Wildman–Crippen MR) is 118 cm³/mol. The van der Waals surface area contributed by atoms with Crippen molar-refractivity contribution in [2.45, 2.75) is 32.7 Å². The number of H-pyrrole nitrogens is 1. The lowest BCUT2D eigenvalue weighted by atomic mass is 9.82. The van der Waals surface area contributed by atoms with E-state index in [1.165, 1.54) is 7.11 Å². The molecular weight excluding hydrogens is 425 g/mol. The van der Waals surface area contributed by atoms with E-state index in [-0.39, 0.29) is 23.9 Å². The highest BCUT2D eigenvalue weighted by atomic mass is 35.5. The first-order valence-corrected chi connectivity index (χ1v) is 10.8. The summed E-state index contributed by atoms with van der Waals surface area (Å²) < 4.78 is 5.38. The molecule has 2 aromatic rings. The Kier molecular flexibility index (Phi) is 5.84. The smallest absolute Gasteiger partial charge is 0.256 e. The van der Waals surface area contributed by atoms with Crippen molar-refractivity contribution in [2.24, 2.45) is 5.92 Å². The van der Waals surface area contributed by atoms with Crippen molar-refractivity contribution >= 4 is 29.1 Å². The maximum atomic E-state index is 13.4. The first-order valence-electron chi connectivity index (χ1n) is 10.1. The Bertz CT molecular complexity index is 1060. The quantitative estimate of drug-likeness (QED) is 0.731. The summed E-state index contributed by atoms with van der Waals surface area (Å²) in [5.41, 5.74) is 3.03. The number of aromatic amines is 1. The molecule has 2 aliphatic heterocycles. The summed E-state index contributed by atoms with van der Waals surface area (Å²) in [4.78, 5) is 30.3. The zero-order chi connectivity index (χ0) is 21.6. The number of benzene rings is 1. The average Bonchev–Trinajstić information content (AvgIpc) is 2.66. The third-order valence-corrected chi connectivity index (χ3v) is 7.03. The predicted octanol–water partition coefficient (Wildman–Crippen LogP) is 3.52. The molecule has 1 atom stereocenters. The molecule has 160 valence electrons. The van der Waals surface area contributed by atoms with Crippen LogP contribution >= 0.6 is 23.2 Å². The number of pyridine rings is 1. The summed E-state index contributed by atoms with van der Waals surface area (Å²) >= 11 is 13.3. The highest BCUT2D eigenvalue weighted by Gasteiger charge is 2.34. The molecule has 0 radical (unpaired) electrons. The molecule has 30 heavy (non-hydrogen) atoms. The molecule has 0 aliphatic carbocycles. The fraction of sp³-hybridized carbons (Fsp3) is 0.455. The van der Waals surface area contributed by atoms with Gasteiger partial charge in [0, 0.05) is 17.3 Å². The SMILES string of the molecule is COc1cc(C)[nH]c(=O)c1CN1CCc2c(Cl)cc(C(C)C3CNC3)c(Cl)c2C1=O. The third kappa shape index (κ3) is 3.61. The lowest BCUT2D eigenvalue weighted by molar-refractivity contribution is 0.0725. The van der Waals surface area contributed by atoms with Gasteiger partial charge < -0.3 is 19.9 Å². The molecule has 1 amide bonds. The molecule has 2 N–H and O–H groups in total. The van der Waals surface area contributed by atoms with Crippen LogP contribution < -0.4 is 15.6 Å². The number of hydrogen-bond acceptors (Lipinski definition) is 4. The lowest BCUT2D eigenvalue weighted by Gasteiger charge is -2.35. The number of carbonyl (C=O) groups is 1. The van der Waals surface area contributed by atoms with Gasteiger partial charge in [-0.25, -0.2) is 0 Å². The summed E-state index contributed by atoms with van der Waals surface area (Å²) in [7, 11) is 1.52. The fourth-order valence-corrected chi connectivity index (χ4v) is 4.99. The van der Waals surface area contributed by atoms with Gasteiger partial charge in [0.2, 0.25) is 0 Å². The fourth-order valence-electron chi connectivity index (χ4n) is 4.27. The standard InChI is InChI=1S/C22H25Cl2N3O3/c1-11-6-18(30-3)16(21(28)26-11)10-27-5-4-14-17(23)7-15(12(2)13-8-25-9-13)20(24)19(14)22(27)29/h6-7,12-13,25H,4-5,8-10H2,1-3H3,(H,26,28). The number of nitrogens with one attached hydrogen (secondary N) is 2. The van der Waals surface area contributed by atoms with Gasteiger partial charge in [0.1, 0.15) is 5.75 Å². The maximum Gasteiger partial charge on any atom is 0.256 e. The summed E-state index contributed by atoms with van der Waals surface area (Å²) in [6.07, 6.45) is 0.589. The highest BCUT2D eigenvalue weighted by molar-refractivity contribution is 6.37. The number of fused-ring (bicyclic) bond motifs is 1. The van der Waals surface area contributed by atoms with Gasteiger partial charge in [0.25, 0.3) is 11.5 Å². The van der Waals surface area contributed by atoms with Crippen molar-refractivity contribution in [3.8, 4) is 5.75 Å². The third-order valence-electron chi connectivity index (χ3n) is 6.29. The number of carbonyl (C=O) groups excluding carboxylic acids is 1. The van der Waals surface area contributed by atoms with Crippen LogP contribution in [0.3, 0.4) is 0 Å². The topological polar surface area (TPSA) is 74.4 Å². The van der Waals surface area contributed by atoms with Crippen LogP contribution in [0.15, 0.2) is 16.9 Å². The van der Waals surface area contributed by atoms with Crippen LogP contribution in [0.5, 0.6) is 5.75 Å². The van der Waals surface area contributed by atoms with Gasteiger partial charge in [-0.1, -0.05) is 30.1 Å². The first kappa shape index (κ1) is 21.2. The molecule has 1 fully saturated rings. The van der Waals surface area contributed by atoms with Crippen LogP contribution in [-0.2, 0) is 13.0 Å². The van der Waals surface area contributed by atoms with Crippen molar-refractivity contribution in [3.63, 3.8) is 0 Å². The van der Waals surface area contributed by atoms with Gasteiger partial charge >= 0.3 is 0 Å². The van der Waals surface area contributed by atoms with Gasteiger partial charge in [-0.15, -0.1) is 0 Å².